The second-order valence-corrected chi connectivity index (χ2v) is 5.84. The quantitative estimate of drug-likeness (QED) is 0.885. The van der Waals surface area contributed by atoms with Crippen LogP contribution in [0.25, 0.3) is 10.8 Å². The Morgan fingerprint density at radius 2 is 1.96 bits per heavy atom. The highest BCUT2D eigenvalue weighted by atomic mass is 19.4. The molecule has 3 atom stereocenters. The lowest BCUT2D eigenvalue weighted by Gasteiger charge is -2.33. The average molecular weight is 336 g/mol. The molecule has 0 unspecified atom stereocenters. The minimum atomic E-state index is -4.75. The first-order chi connectivity index (χ1) is 11.3. The van der Waals surface area contributed by atoms with Crippen molar-refractivity contribution in [3.05, 3.63) is 42.0 Å². The monoisotopic (exact) mass is 336 g/mol. The van der Waals surface area contributed by atoms with Crippen LogP contribution in [0.4, 0.5) is 18.9 Å². The molecule has 1 heterocycles. The Balaban J connectivity index is 2.03. The third-order valence-corrected chi connectivity index (χ3v) is 4.38. The van der Waals surface area contributed by atoms with E-state index in [1.54, 1.807) is 36.4 Å². The lowest BCUT2D eigenvalue weighted by atomic mass is 10.0. The van der Waals surface area contributed by atoms with Gasteiger partial charge in [0.25, 0.3) is 0 Å². The fourth-order valence-corrected chi connectivity index (χ4v) is 3.24. The third-order valence-electron chi connectivity index (χ3n) is 4.38. The van der Waals surface area contributed by atoms with Gasteiger partial charge < -0.3 is 15.1 Å². The molecule has 0 amide bonds. The Morgan fingerprint density at radius 1 is 1.21 bits per heavy atom. The van der Waals surface area contributed by atoms with E-state index in [0.29, 0.717) is 22.0 Å². The van der Waals surface area contributed by atoms with Crippen LogP contribution < -0.4 is 4.90 Å². The number of halogens is 3. The summed E-state index contributed by atoms with van der Waals surface area (Å²) >= 11 is 0. The van der Waals surface area contributed by atoms with Gasteiger partial charge in [0, 0.05) is 5.69 Å². The fourth-order valence-electron chi connectivity index (χ4n) is 3.24. The number of aliphatic hydroxyl groups excluding tert-OH is 2. The zero-order valence-corrected chi connectivity index (χ0v) is 12.5. The number of fused-ring (bicyclic) bond motifs is 1. The Morgan fingerprint density at radius 3 is 2.62 bits per heavy atom. The summed E-state index contributed by atoms with van der Waals surface area (Å²) in [5, 5.41) is 30.2. The van der Waals surface area contributed by atoms with Crippen LogP contribution in [-0.4, -0.2) is 34.8 Å². The van der Waals surface area contributed by atoms with Crippen molar-refractivity contribution in [3.8, 4) is 6.07 Å². The van der Waals surface area contributed by atoms with E-state index in [0.717, 1.165) is 0 Å². The maximum atomic E-state index is 12.9. The minimum Gasteiger partial charge on any atom is -0.382 e. The lowest BCUT2D eigenvalue weighted by Crippen LogP contribution is -2.49. The van der Waals surface area contributed by atoms with Crippen LogP contribution in [-0.2, 0) is 0 Å². The van der Waals surface area contributed by atoms with Gasteiger partial charge in [-0.2, -0.15) is 18.4 Å². The largest absolute Gasteiger partial charge is 0.416 e. The zero-order chi connectivity index (χ0) is 17.5. The van der Waals surface area contributed by atoms with Crippen LogP contribution in [0.3, 0.4) is 0 Å². The third kappa shape index (κ3) is 2.79. The van der Waals surface area contributed by atoms with Gasteiger partial charge in [-0.3, -0.25) is 0 Å². The van der Waals surface area contributed by atoms with Gasteiger partial charge in [-0.1, -0.05) is 18.2 Å². The highest BCUT2D eigenvalue weighted by molar-refractivity contribution is 5.90. The Hall–Kier alpha value is -2.30. The van der Waals surface area contributed by atoms with Crippen molar-refractivity contribution in [2.45, 2.75) is 37.4 Å². The molecule has 2 aromatic carbocycles. The van der Waals surface area contributed by atoms with Crippen molar-refractivity contribution < 1.29 is 23.4 Å². The van der Waals surface area contributed by atoms with E-state index in [4.69, 9.17) is 5.26 Å². The van der Waals surface area contributed by atoms with E-state index >= 15 is 0 Å². The molecule has 0 aliphatic carbocycles. The fraction of sp³-hybridized carbons (Fsp3) is 0.353. The number of alkyl halides is 3. The molecule has 4 nitrogen and oxygen atoms in total. The summed E-state index contributed by atoms with van der Waals surface area (Å²) in [6.45, 7) is 0. The molecule has 0 spiro atoms. The van der Waals surface area contributed by atoms with Crippen molar-refractivity contribution >= 4 is 16.5 Å². The van der Waals surface area contributed by atoms with Crippen molar-refractivity contribution in [2.75, 3.05) is 4.90 Å². The van der Waals surface area contributed by atoms with E-state index in [2.05, 4.69) is 6.07 Å². The number of rotatable bonds is 2. The van der Waals surface area contributed by atoms with Crippen molar-refractivity contribution in [2.24, 2.45) is 0 Å². The van der Waals surface area contributed by atoms with Crippen LogP contribution in [0.15, 0.2) is 36.4 Å². The molecular formula is C17H15F3N2O2. The number of nitriles is 1. The molecular weight excluding hydrogens is 321 g/mol. The number of aliphatic hydroxyl groups is 2. The van der Waals surface area contributed by atoms with Crippen molar-refractivity contribution in [1.82, 2.24) is 0 Å². The van der Waals surface area contributed by atoms with Crippen LogP contribution in [0, 0.1) is 11.3 Å². The molecule has 2 N–H and O–H groups in total. The molecule has 3 rings (SSSR count). The Bertz CT molecular complexity index is 801. The summed E-state index contributed by atoms with van der Waals surface area (Å²) in [4.78, 5) is 1.21. The van der Waals surface area contributed by atoms with Crippen LogP contribution >= 0.6 is 0 Å². The highest BCUT2D eigenvalue weighted by Gasteiger charge is 2.49. The molecule has 0 radical (unpaired) electrons. The standard InChI is InChI=1S/C17H15F3N2O2/c18-17(19,20)16(24)14-6-7-15(23)22(14)12-4-5-13-10(8-12)2-1-3-11(13)9-21/h1-5,8,14-16,23-24H,6-7H2/t14-,15-,16-/m0/s1. The van der Waals surface area contributed by atoms with Crippen LogP contribution in [0.1, 0.15) is 18.4 Å². The van der Waals surface area contributed by atoms with Gasteiger partial charge in [0.05, 0.1) is 17.7 Å². The first kappa shape index (κ1) is 16.6. The number of hydrogen-bond acceptors (Lipinski definition) is 4. The summed E-state index contributed by atoms with van der Waals surface area (Å²) in [7, 11) is 0. The second kappa shape index (κ2) is 5.96. The molecule has 0 aromatic heterocycles. The molecule has 1 aliphatic heterocycles. The maximum Gasteiger partial charge on any atom is 0.416 e. The second-order valence-electron chi connectivity index (χ2n) is 5.84. The van der Waals surface area contributed by atoms with Gasteiger partial charge in [-0.25, -0.2) is 0 Å². The maximum absolute atomic E-state index is 12.9. The van der Waals surface area contributed by atoms with Gasteiger partial charge >= 0.3 is 6.18 Å². The smallest absolute Gasteiger partial charge is 0.382 e. The lowest BCUT2D eigenvalue weighted by molar-refractivity contribution is -0.209. The van der Waals surface area contributed by atoms with Gasteiger partial charge in [0.15, 0.2) is 6.10 Å². The predicted molar refractivity (Wildman–Crippen MR) is 82.2 cm³/mol. The number of nitrogens with zero attached hydrogens (tertiary/aromatic N) is 2. The van der Waals surface area contributed by atoms with E-state index in [1.165, 1.54) is 4.90 Å². The van der Waals surface area contributed by atoms with Crippen molar-refractivity contribution in [1.29, 1.82) is 5.26 Å². The molecule has 1 saturated heterocycles. The van der Waals surface area contributed by atoms with Crippen molar-refractivity contribution in [3.63, 3.8) is 0 Å². The zero-order valence-electron chi connectivity index (χ0n) is 12.5. The summed E-state index contributed by atoms with van der Waals surface area (Å²) in [6, 6.07) is 10.7. The minimum absolute atomic E-state index is 0.0398. The molecule has 2 aromatic rings. The van der Waals surface area contributed by atoms with Gasteiger partial charge in [-0.15, -0.1) is 0 Å². The normalized spacial score (nSPS) is 22.6. The number of hydrogen-bond donors (Lipinski definition) is 2. The summed E-state index contributed by atoms with van der Waals surface area (Å²) in [5.41, 5.74) is 0.851. The molecule has 7 heteroatoms. The Labute approximate surface area is 136 Å². The average Bonchev–Trinajstić information content (AvgIpc) is 2.93. The van der Waals surface area contributed by atoms with Gasteiger partial charge in [0.1, 0.15) is 6.23 Å². The molecule has 1 fully saturated rings. The predicted octanol–water partition coefficient (Wildman–Crippen LogP) is 2.92. The number of anilines is 1. The van der Waals surface area contributed by atoms with Gasteiger partial charge in [-0.05, 0) is 41.8 Å². The summed E-state index contributed by atoms with van der Waals surface area (Å²) in [6.07, 6.45) is -8.19. The van der Waals surface area contributed by atoms with E-state index in [-0.39, 0.29) is 12.8 Å². The van der Waals surface area contributed by atoms with E-state index in [9.17, 15) is 23.4 Å². The SMILES string of the molecule is N#Cc1cccc2cc(N3[C@@H](O)CC[C@H]3[C@H](O)C(F)(F)F)ccc12. The molecule has 0 bridgehead atoms. The highest BCUT2D eigenvalue weighted by Crippen LogP contribution is 2.37. The van der Waals surface area contributed by atoms with Crippen LogP contribution in [0.5, 0.6) is 0 Å². The molecule has 0 saturated carbocycles. The molecule has 1 aliphatic rings. The molecule has 126 valence electrons. The summed E-state index contributed by atoms with van der Waals surface area (Å²) in [5.74, 6) is 0. The Kier molecular flexibility index (Phi) is 4.11. The first-order valence-corrected chi connectivity index (χ1v) is 7.47. The summed E-state index contributed by atoms with van der Waals surface area (Å²) < 4.78 is 38.6. The number of benzene rings is 2. The van der Waals surface area contributed by atoms with E-state index < -0.39 is 24.6 Å². The topological polar surface area (TPSA) is 67.5 Å². The van der Waals surface area contributed by atoms with Crippen LogP contribution in [0.2, 0.25) is 0 Å². The first-order valence-electron chi connectivity index (χ1n) is 7.47. The van der Waals surface area contributed by atoms with Gasteiger partial charge in [0.2, 0.25) is 0 Å². The van der Waals surface area contributed by atoms with E-state index in [1.807, 2.05) is 0 Å². The molecule has 24 heavy (non-hydrogen) atoms.